The summed E-state index contributed by atoms with van der Waals surface area (Å²) in [6.45, 7) is 7.31. The third-order valence-corrected chi connectivity index (χ3v) is 3.58. The molecule has 0 aliphatic rings. The summed E-state index contributed by atoms with van der Waals surface area (Å²) in [5, 5.41) is 5.52. The fraction of sp³-hybridized carbons (Fsp3) is 0.200. The number of hydrogen-bond acceptors (Lipinski definition) is 2. The van der Waals surface area contributed by atoms with Crippen molar-refractivity contribution in [1.29, 1.82) is 0 Å². The maximum absolute atomic E-state index is 12.6. The Morgan fingerprint density at radius 2 is 1.54 bits per heavy atom. The van der Waals surface area contributed by atoms with Gasteiger partial charge in [0.05, 0.1) is 0 Å². The van der Waals surface area contributed by atoms with Gasteiger partial charge in [-0.05, 0) is 43.5 Å². The number of nitrogens with one attached hydrogen (secondary N) is 2. The molecule has 0 atom stereocenters. The van der Waals surface area contributed by atoms with Crippen LogP contribution in [-0.2, 0) is 9.59 Å². The van der Waals surface area contributed by atoms with E-state index in [1.165, 1.54) is 6.92 Å². The first-order valence-corrected chi connectivity index (χ1v) is 7.80. The van der Waals surface area contributed by atoms with Crippen molar-refractivity contribution in [2.45, 2.75) is 27.7 Å². The Kier molecular flexibility index (Phi) is 5.53. The molecule has 0 aliphatic heterocycles. The second-order valence-electron chi connectivity index (χ2n) is 5.88. The standard InChI is InChI=1S/C20H22N2O2/c1-13-10-14(2)19(15(3)11-13)22-20(24)18(21-16(4)23)12-17-8-6-5-7-9-17/h5-12H,1-4H3,(H,21,23)(H,22,24)/b18-12-. The van der Waals surface area contributed by atoms with Crippen molar-refractivity contribution in [3.63, 3.8) is 0 Å². The second-order valence-corrected chi connectivity index (χ2v) is 5.88. The first-order chi connectivity index (χ1) is 11.4. The molecule has 0 spiro atoms. The number of amides is 2. The Bertz CT molecular complexity index is 770. The van der Waals surface area contributed by atoms with Crippen LogP contribution in [0, 0.1) is 20.8 Å². The Morgan fingerprint density at radius 3 is 2.08 bits per heavy atom. The molecule has 24 heavy (non-hydrogen) atoms. The number of anilines is 1. The predicted octanol–water partition coefficient (Wildman–Crippen LogP) is 3.73. The largest absolute Gasteiger partial charge is 0.322 e. The van der Waals surface area contributed by atoms with Crippen molar-refractivity contribution in [3.05, 3.63) is 70.4 Å². The predicted molar refractivity (Wildman–Crippen MR) is 97.5 cm³/mol. The van der Waals surface area contributed by atoms with E-state index in [0.29, 0.717) is 0 Å². The average molecular weight is 322 g/mol. The molecule has 0 bridgehead atoms. The van der Waals surface area contributed by atoms with Crippen LogP contribution in [-0.4, -0.2) is 11.8 Å². The van der Waals surface area contributed by atoms with E-state index in [0.717, 1.165) is 27.9 Å². The Hall–Kier alpha value is -2.88. The molecule has 2 aromatic rings. The molecule has 0 aromatic heterocycles. The lowest BCUT2D eigenvalue weighted by atomic mass is 10.0. The summed E-state index contributed by atoms with van der Waals surface area (Å²) in [6, 6.07) is 13.4. The van der Waals surface area contributed by atoms with Crippen LogP contribution in [0.1, 0.15) is 29.2 Å². The van der Waals surface area contributed by atoms with Crippen LogP contribution in [0.5, 0.6) is 0 Å². The van der Waals surface area contributed by atoms with Gasteiger partial charge in [0.15, 0.2) is 0 Å². The highest BCUT2D eigenvalue weighted by Crippen LogP contribution is 2.22. The van der Waals surface area contributed by atoms with Crippen LogP contribution in [0.4, 0.5) is 5.69 Å². The van der Waals surface area contributed by atoms with Crippen LogP contribution in [0.3, 0.4) is 0 Å². The van der Waals surface area contributed by atoms with E-state index < -0.39 is 0 Å². The summed E-state index contributed by atoms with van der Waals surface area (Å²) in [5.41, 5.74) is 4.95. The Morgan fingerprint density at radius 1 is 0.958 bits per heavy atom. The molecule has 0 unspecified atom stereocenters. The van der Waals surface area contributed by atoms with E-state index in [1.807, 2.05) is 63.2 Å². The molecule has 0 saturated carbocycles. The van der Waals surface area contributed by atoms with Gasteiger partial charge in [-0.15, -0.1) is 0 Å². The van der Waals surface area contributed by atoms with Gasteiger partial charge < -0.3 is 10.6 Å². The van der Waals surface area contributed by atoms with Crippen LogP contribution in [0.2, 0.25) is 0 Å². The zero-order chi connectivity index (χ0) is 17.7. The highest BCUT2D eigenvalue weighted by atomic mass is 16.2. The van der Waals surface area contributed by atoms with E-state index in [4.69, 9.17) is 0 Å². The first kappa shape index (κ1) is 17.5. The molecular weight excluding hydrogens is 300 g/mol. The van der Waals surface area contributed by atoms with Crippen molar-refractivity contribution >= 4 is 23.6 Å². The lowest BCUT2D eigenvalue weighted by Gasteiger charge is -2.14. The van der Waals surface area contributed by atoms with Crippen molar-refractivity contribution in [3.8, 4) is 0 Å². The number of benzene rings is 2. The molecule has 0 saturated heterocycles. The van der Waals surface area contributed by atoms with Gasteiger partial charge in [-0.1, -0.05) is 48.0 Å². The Labute approximate surface area is 142 Å². The zero-order valence-corrected chi connectivity index (χ0v) is 14.4. The number of rotatable bonds is 4. The smallest absolute Gasteiger partial charge is 0.272 e. The van der Waals surface area contributed by atoms with E-state index >= 15 is 0 Å². The van der Waals surface area contributed by atoms with Gasteiger partial charge in [0.2, 0.25) is 5.91 Å². The number of carbonyl (C=O) groups is 2. The lowest BCUT2D eigenvalue weighted by Crippen LogP contribution is -2.29. The monoisotopic (exact) mass is 322 g/mol. The Balaban J connectivity index is 2.32. The summed E-state index contributed by atoms with van der Waals surface area (Å²) in [5.74, 6) is -0.631. The second kappa shape index (κ2) is 7.59. The maximum Gasteiger partial charge on any atom is 0.272 e. The minimum atomic E-state index is -0.343. The normalized spacial score (nSPS) is 11.1. The molecule has 0 fully saturated rings. The van der Waals surface area contributed by atoms with E-state index in [-0.39, 0.29) is 17.5 Å². The van der Waals surface area contributed by atoms with Crippen LogP contribution in [0.25, 0.3) is 6.08 Å². The van der Waals surface area contributed by atoms with Crippen LogP contribution < -0.4 is 10.6 Å². The molecule has 2 rings (SSSR count). The zero-order valence-electron chi connectivity index (χ0n) is 14.4. The summed E-state index contributed by atoms with van der Waals surface area (Å²) in [4.78, 5) is 24.1. The molecular formula is C20H22N2O2. The quantitative estimate of drug-likeness (QED) is 0.843. The van der Waals surface area contributed by atoms with Crippen molar-refractivity contribution in [1.82, 2.24) is 5.32 Å². The summed E-state index contributed by atoms with van der Waals surface area (Å²) < 4.78 is 0. The summed E-state index contributed by atoms with van der Waals surface area (Å²) in [7, 11) is 0. The topological polar surface area (TPSA) is 58.2 Å². The highest BCUT2D eigenvalue weighted by molar-refractivity contribution is 6.09. The molecule has 4 nitrogen and oxygen atoms in total. The number of aryl methyl sites for hydroxylation is 3. The molecule has 2 N–H and O–H groups in total. The molecule has 0 aliphatic carbocycles. The molecule has 4 heteroatoms. The van der Waals surface area contributed by atoms with E-state index in [1.54, 1.807) is 6.08 Å². The summed E-state index contributed by atoms with van der Waals surface area (Å²) in [6.07, 6.45) is 1.66. The molecule has 2 aromatic carbocycles. The lowest BCUT2D eigenvalue weighted by molar-refractivity contribution is -0.120. The average Bonchev–Trinajstić information content (AvgIpc) is 2.50. The minimum Gasteiger partial charge on any atom is -0.322 e. The van der Waals surface area contributed by atoms with Gasteiger partial charge >= 0.3 is 0 Å². The van der Waals surface area contributed by atoms with Gasteiger partial charge in [-0.2, -0.15) is 0 Å². The third kappa shape index (κ3) is 4.56. The van der Waals surface area contributed by atoms with Crippen LogP contribution in [0.15, 0.2) is 48.2 Å². The molecule has 124 valence electrons. The van der Waals surface area contributed by atoms with Crippen molar-refractivity contribution < 1.29 is 9.59 Å². The fourth-order valence-corrected chi connectivity index (χ4v) is 2.62. The van der Waals surface area contributed by atoms with Crippen molar-refractivity contribution in [2.24, 2.45) is 0 Å². The van der Waals surface area contributed by atoms with Gasteiger partial charge in [-0.25, -0.2) is 0 Å². The SMILES string of the molecule is CC(=O)N/C(=C\c1ccccc1)C(=O)Nc1c(C)cc(C)cc1C. The van der Waals surface area contributed by atoms with Crippen LogP contribution >= 0.6 is 0 Å². The highest BCUT2D eigenvalue weighted by Gasteiger charge is 2.14. The fourth-order valence-electron chi connectivity index (χ4n) is 2.62. The summed E-state index contributed by atoms with van der Waals surface area (Å²) >= 11 is 0. The van der Waals surface area contributed by atoms with Gasteiger partial charge in [-0.3, -0.25) is 9.59 Å². The molecule has 2 amide bonds. The maximum atomic E-state index is 12.6. The van der Waals surface area contributed by atoms with Gasteiger partial charge in [0, 0.05) is 12.6 Å². The van der Waals surface area contributed by atoms with E-state index in [9.17, 15) is 9.59 Å². The molecule has 0 heterocycles. The molecule has 0 radical (unpaired) electrons. The van der Waals surface area contributed by atoms with Gasteiger partial charge in [0.25, 0.3) is 5.91 Å². The first-order valence-electron chi connectivity index (χ1n) is 7.80. The number of carbonyl (C=O) groups excluding carboxylic acids is 2. The van der Waals surface area contributed by atoms with Gasteiger partial charge in [0.1, 0.15) is 5.70 Å². The number of hydrogen-bond donors (Lipinski definition) is 2. The third-order valence-electron chi connectivity index (χ3n) is 3.58. The van der Waals surface area contributed by atoms with Crippen molar-refractivity contribution in [2.75, 3.05) is 5.32 Å². The van der Waals surface area contributed by atoms with E-state index in [2.05, 4.69) is 10.6 Å². The minimum absolute atomic E-state index is 0.216.